The van der Waals surface area contributed by atoms with Crippen LogP contribution in [-0.2, 0) is 31.4 Å². The number of hydrogen-bond donors (Lipinski definition) is 0. The third-order valence-electron chi connectivity index (χ3n) is 5.02. The molecule has 0 spiro atoms. The third kappa shape index (κ3) is 7.30. The summed E-state index contributed by atoms with van der Waals surface area (Å²) in [6, 6.07) is 37.0. The van der Waals surface area contributed by atoms with Crippen molar-refractivity contribution in [2.45, 2.75) is 25.7 Å². The van der Waals surface area contributed by atoms with E-state index in [9.17, 15) is 0 Å². The molecular weight excluding hydrogens is 574 g/mol. The van der Waals surface area contributed by atoms with E-state index in [4.69, 9.17) is 17.2 Å². The fraction of sp³-hybridized carbons (Fsp3) is 0.148. The maximum atomic E-state index is 6.25. The molecule has 5 rings (SSSR count). The smallest absolute Gasteiger partial charge is 0.0512 e. The first kappa shape index (κ1) is 23.1. The van der Waals surface area contributed by atoms with Crippen LogP contribution in [0.1, 0.15) is 35.1 Å². The fourth-order valence-corrected chi connectivity index (χ4v) is 9.87. The zero-order chi connectivity index (χ0) is 21.0. The van der Waals surface area contributed by atoms with Crippen LogP contribution in [0.2, 0.25) is 0 Å². The van der Waals surface area contributed by atoms with E-state index in [1.807, 2.05) is 66.7 Å². The molecule has 154 valence electrons. The van der Waals surface area contributed by atoms with Gasteiger partial charge >= 0.3 is 111 Å². The van der Waals surface area contributed by atoms with Gasteiger partial charge in [-0.1, -0.05) is 25.7 Å². The Bertz CT molecular complexity index is 916. The van der Waals surface area contributed by atoms with E-state index in [1.165, 1.54) is 25.7 Å². The molecule has 0 amide bonds. The van der Waals surface area contributed by atoms with Crippen molar-refractivity contribution in [3.8, 4) is 0 Å². The predicted molar refractivity (Wildman–Crippen MR) is 129 cm³/mol. The Labute approximate surface area is 195 Å². The second kappa shape index (κ2) is 13.0. The van der Waals surface area contributed by atoms with Crippen LogP contribution in [0, 0.1) is 0 Å². The SMILES string of the molecule is [Cl][Hf]([Cl])=[C](c1ccccc1)c1ccccc1.c1cc2c([cH-]1)CCCC2.c1cc[cH-]c1. The second-order valence-corrected chi connectivity index (χ2v) is 18.6. The minimum atomic E-state index is -2.60. The fourth-order valence-electron chi connectivity index (χ4n) is 3.53. The molecule has 0 saturated carbocycles. The number of fused-ring (bicyclic) bond motifs is 1. The van der Waals surface area contributed by atoms with Crippen molar-refractivity contribution in [2.75, 3.05) is 0 Å². The maximum Gasteiger partial charge on any atom is -0.0512 e. The van der Waals surface area contributed by atoms with Gasteiger partial charge in [0.2, 0.25) is 0 Å². The first-order valence-corrected chi connectivity index (χ1v) is 21.0. The van der Waals surface area contributed by atoms with Gasteiger partial charge in [-0.15, -0.1) is 0 Å². The summed E-state index contributed by atoms with van der Waals surface area (Å²) in [5, 5.41) is 0. The van der Waals surface area contributed by atoms with Gasteiger partial charge in [0, 0.05) is 0 Å². The van der Waals surface area contributed by atoms with Crippen LogP contribution in [0.4, 0.5) is 0 Å². The van der Waals surface area contributed by atoms with Gasteiger partial charge in [0.15, 0.2) is 0 Å². The summed E-state index contributed by atoms with van der Waals surface area (Å²) in [7, 11) is 12.5. The van der Waals surface area contributed by atoms with Crippen LogP contribution in [0.5, 0.6) is 0 Å². The Hall–Kier alpha value is -1.54. The van der Waals surface area contributed by atoms with Crippen molar-refractivity contribution in [1.29, 1.82) is 0 Å². The molecule has 0 fully saturated rings. The summed E-state index contributed by atoms with van der Waals surface area (Å²) >= 11 is -2.60. The standard InChI is InChI=1S/C13H10.C9H11.C5H5.2ClH.Hf/c1-3-7-12(8-4-1)11-13-9-5-2-6-10-13;1-2-5-9-7-3-6-8(9)4-1;1-2-4-5-3-1;;;/h1-10H;3,6-7H,1-2,4-5H2;1-5H;2*1H;/q;2*-1;;;+2/p-2. The quantitative estimate of drug-likeness (QED) is 0.163. The molecule has 0 radical (unpaired) electrons. The summed E-state index contributed by atoms with van der Waals surface area (Å²) in [4.78, 5) is 0. The normalized spacial score (nSPS) is 11.8. The first-order valence-electron chi connectivity index (χ1n) is 10.3. The van der Waals surface area contributed by atoms with Gasteiger partial charge in [-0.3, -0.25) is 0 Å². The van der Waals surface area contributed by atoms with Crippen molar-refractivity contribution < 1.29 is 18.6 Å². The van der Waals surface area contributed by atoms with Crippen molar-refractivity contribution >= 4 is 20.4 Å². The average Bonchev–Trinajstić information content (AvgIpc) is 3.51. The molecule has 0 heterocycles. The van der Waals surface area contributed by atoms with Gasteiger partial charge in [-0.2, -0.15) is 41.5 Å². The zero-order valence-electron chi connectivity index (χ0n) is 17.0. The Kier molecular flexibility index (Phi) is 10.0. The molecule has 0 bridgehead atoms. The third-order valence-corrected chi connectivity index (χ3v) is 11.5. The van der Waals surface area contributed by atoms with Gasteiger partial charge in [0.25, 0.3) is 0 Å². The van der Waals surface area contributed by atoms with E-state index in [1.54, 1.807) is 11.1 Å². The van der Waals surface area contributed by atoms with Gasteiger partial charge in [-0.05, 0) is 0 Å². The molecule has 0 N–H and O–H groups in total. The monoisotopic (exact) mass is 600 g/mol. The molecule has 0 unspecified atom stereocenters. The van der Waals surface area contributed by atoms with Crippen LogP contribution in [0.3, 0.4) is 0 Å². The molecule has 1 aliphatic rings. The summed E-state index contributed by atoms with van der Waals surface area (Å²) in [5.41, 5.74) is 5.50. The number of benzene rings is 2. The number of rotatable bonds is 2. The van der Waals surface area contributed by atoms with Crippen molar-refractivity contribution in [3.63, 3.8) is 0 Å². The van der Waals surface area contributed by atoms with Gasteiger partial charge < -0.3 is 0 Å². The van der Waals surface area contributed by atoms with Crippen molar-refractivity contribution in [1.82, 2.24) is 0 Å². The molecule has 0 aromatic heterocycles. The molecule has 4 aromatic rings. The number of aryl methyl sites for hydroxylation is 2. The molecular formula is C27H26Cl2Hf-2. The molecule has 0 saturated heterocycles. The molecule has 0 aliphatic heterocycles. The molecule has 0 nitrogen and oxygen atoms in total. The van der Waals surface area contributed by atoms with Crippen molar-refractivity contribution in [3.05, 3.63) is 131 Å². The summed E-state index contributed by atoms with van der Waals surface area (Å²) < 4.78 is 1.16. The minimum Gasteiger partial charge on any atom is -0.214 e. The van der Waals surface area contributed by atoms with Gasteiger partial charge in [0.1, 0.15) is 0 Å². The number of hydrogen-bond acceptors (Lipinski definition) is 0. The molecule has 3 heteroatoms. The molecule has 4 aromatic carbocycles. The Morgan fingerprint density at radius 1 is 0.667 bits per heavy atom. The van der Waals surface area contributed by atoms with Crippen molar-refractivity contribution in [2.24, 2.45) is 0 Å². The van der Waals surface area contributed by atoms with Crippen LogP contribution >= 0.6 is 17.2 Å². The Morgan fingerprint density at radius 3 is 1.70 bits per heavy atom. The molecule has 30 heavy (non-hydrogen) atoms. The van der Waals surface area contributed by atoms with Gasteiger partial charge in [-0.25, -0.2) is 18.2 Å². The van der Waals surface area contributed by atoms with E-state index in [0.717, 1.165) is 14.4 Å². The van der Waals surface area contributed by atoms with E-state index in [2.05, 4.69) is 42.5 Å². The maximum absolute atomic E-state index is 6.25. The molecule has 1 aliphatic carbocycles. The Balaban J connectivity index is 0.000000151. The topological polar surface area (TPSA) is 0 Å². The zero-order valence-corrected chi connectivity index (χ0v) is 22.1. The number of halogens is 2. The van der Waals surface area contributed by atoms with Crippen LogP contribution in [0.25, 0.3) is 0 Å². The summed E-state index contributed by atoms with van der Waals surface area (Å²) in [6.45, 7) is 0. The first-order chi connectivity index (χ1) is 14.8. The largest absolute Gasteiger partial charge is 0.214 e. The minimum absolute atomic E-state index is 1.15. The summed E-state index contributed by atoms with van der Waals surface area (Å²) in [5.74, 6) is 0. The van der Waals surface area contributed by atoms with E-state index in [0.29, 0.717) is 0 Å². The van der Waals surface area contributed by atoms with E-state index >= 15 is 0 Å². The van der Waals surface area contributed by atoms with Crippen LogP contribution in [0.15, 0.2) is 109 Å². The van der Waals surface area contributed by atoms with Crippen LogP contribution in [-0.4, -0.2) is 3.26 Å². The van der Waals surface area contributed by atoms with Gasteiger partial charge in [0.05, 0.1) is 0 Å². The Morgan fingerprint density at radius 2 is 1.23 bits per heavy atom. The second-order valence-electron chi connectivity index (χ2n) is 7.11. The van der Waals surface area contributed by atoms with E-state index in [-0.39, 0.29) is 0 Å². The van der Waals surface area contributed by atoms with E-state index < -0.39 is 18.6 Å². The average molecular weight is 600 g/mol. The molecule has 0 atom stereocenters. The summed E-state index contributed by atoms with van der Waals surface area (Å²) in [6.07, 6.45) is 5.44. The van der Waals surface area contributed by atoms with Crippen LogP contribution < -0.4 is 0 Å². The predicted octanol–water partition coefficient (Wildman–Crippen LogP) is 7.87.